The van der Waals surface area contributed by atoms with E-state index in [4.69, 9.17) is 9.84 Å². The monoisotopic (exact) mass is 283 g/mol. The number of carboxylic acids is 1. The molecule has 0 saturated heterocycles. The Kier molecular flexibility index (Phi) is 3.49. The second-order valence-corrected chi connectivity index (χ2v) is 4.92. The molecule has 5 nitrogen and oxygen atoms in total. The molecule has 0 bridgehead atoms. The summed E-state index contributed by atoms with van der Waals surface area (Å²) in [5.41, 5.74) is 0.754. The molecule has 1 aromatic rings. The SMILES string of the molecule is Cl.O=C1OC2(CCC(C(=O)O)CC2)c2cnccc21. The highest BCUT2D eigenvalue weighted by Crippen LogP contribution is 2.47. The van der Waals surface area contributed by atoms with Gasteiger partial charge in [0.15, 0.2) is 0 Å². The van der Waals surface area contributed by atoms with Crippen LogP contribution in [0.15, 0.2) is 18.5 Å². The minimum atomic E-state index is -0.763. The van der Waals surface area contributed by atoms with E-state index >= 15 is 0 Å². The second-order valence-electron chi connectivity index (χ2n) is 4.92. The van der Waals surface area contributed by atoms with Gasteiger partial charge < -0.3 is 9.84 Å². The minimum absolute atomic E-state index is 0. The van der Waals surface area contributed by atoms with E-state index in [0.717, 1.165) is 5.56 Å². The van der Waals surface area contributed by atoms with Crippen molar-refractivity contribution in [2.24, 2.45) is 5.92 Å². The third-order valence-electron chi connectivity index (χ3n) is 3.96. The number of rotatable bonds is 1. The van der Waals surface area contributed by atoms with E-state index in [1.807, 2.05) is 0 Å². The van der Waals surface area contributed by atoms with Gasteiger partial charge in [0.05, 0.1) is 11.5 Å². The molecule has 1 aliphatic carbocycles. The quantitative estimate of drug-likeness (QED) is 0.799. The molecule has 0 aromatic carbocycles. The standard InChI is InChI=1S/C13H13NO4.ClH/c15-11(16)8-1-4-13(5-2-8)10-7-14-6-3-9(10)12(17)18-13;/h3,6-8H,1-2,4-5H2,(H,15,16);1H. The van der Waals surface area contributed by atoms with Crippen LogP contribution in [0.3, 0.4) is 0 Å². The first-order valence-corrected chi connectivity index (χ1v) is 6.03. The molecule has 102 valence electrons. The van der Waals surface area contributed by atoms with E-state index in [1.54, 1.807) is 18.5 Å². The lowest BCUT2D eigenvalue weighted by atomic mass is 9.75. The van der Waals surface area contributed by atoms with Gasteiger partial charge in [-0.25, -0.2) is 4.79 Å². The van der Waals surface area contributed by atoms with Crippen molar-refractivity contribution in [2.45, 2.75) is 31.3 Å². The first-order valence-electron chi connectivity index (χ1n) is 6.03. The smallest absolute Gasteiger partial charge is 0.339 e. The number of ether oxygens (including phenoxy) is 1. The molecule has 19 heavy (non-hydrogen) atoms. The minimum Gasteiger partial charge on any atom is -0.481 e. The molecule has 3 rings (SSSR count). The summed E-state index contributed by atoms with van der Waals surface area (Å²) in [5, 5.41) is 9.00. The van der Waals surface area contributed by atoms with Crippen molar-refractivity contribution in [2.75, 3.05) is 0 Å². The van der Waals surface area contributed by atoms with Crippen LogP contribution in [0.1, 0.15) is 41.6 Å². The molecule has 1 spiro atoms. The Morgan fingerprint density at radius 3 is 2.74 bits per heavy atom. The maximum absolute atomic E-state index is 11.8. The van der Waals surface area contributed by atoms with Crippen LogP contribution in [0, 0.1) is 5.92 Å². The second kappa shape index (κ2) is 4.81. The summed E-state index contributed by atoms with van der Waals surface area (Å²) in [6, 6.07) is 1.66. The maximum atomic E-state index is 11.8. The molecule has 0 amide bonds. The van der Waals surface area contributed by atoms with Gasteiger partial charge in [0, 0.05) is 18.0 Å². The van der Waals surface area contributed by atoms with Crippen LogP contribution < -0.4 is 0 Å². The summed E-state index contributed by atoms with van der Waals surface area (Å²) in [5.74, 6) is -1.41. The van der Waals surface area contributed by atoms with Crippen molar-refractivity contribution < 1.29 is 19.4 Å². The van der Waals surface area contributed by atoms with Gasteiger partial charge in [-0.15, -0.1) is 12.4 Å². The van der Waals surface area contributed by atoms with Gasteiger partial charge in [-0.1, -0.05) is 0 Å². The van der Waals surface area contributed by atoms with E-state index < -0.39 is 11.6 Å². The van der Waals surface area contributed by atoms with Crippen LogP contribution in [0.2, 0.25) is 0 Å². The van der Waals surface area contributed by atoms with E-state index in [1.165, 1.54) is 0 Å². The zero-order valence-electron chi connectivity index (χ0n) is 10.2. The number of carbonyl (C=O) groups is 2. The number of fused-ring (bicyclic) bond motifs is 2. The molecule has 2 aliphatic rings. The summed E-state index contributed by atoms with van der Waals surface area (Å²) in [7, 11) is 0. The highest BCUT2D eigenvalue weighted by Gasteiger charge is 2.48. The Morgan fingerprint density at radius 2 is 2.11 bits per heavy atom. The Bertz CT molecular complexity index is 523. The van der Waals surface area contributed by atoms with Crippen LogP contribution in [-0.4, -0.2) is 22.0 Å². The van der Waals surface area contributed by atoms with E-state index in [2.05, 4.69) is 4.98 Å². The lowest BCUT2D eigenvalue weighted by Crippen LogP contribution is -2.34. The van der Waals surface area contributed by atoms with Gasteiger partial charge in [0.2, 0.25) is 0 Å². The Morgan fingerprint density at radius 1 is 1.42 bits per heavy atom. The number of nitrogens with zero attached hydrogens (tertiary/aromatic N) is 1. The van der Waals surface area contributed by atoms with Crippen LogP contribution in [-0.2, 0) is 15.1 Å². The number of aliphatic carboxylic acids is 1. The fourth-order valence-corrected chi connectivity index (χ4v) is 2.93. The molecule has 1 saturated carbocycles. The van der Waals surface area contributed by atoms with Crippen LogP contribution in [0.5, 0.6) is 0 Å². The van der Waals surface area contributed by atoms with Gasteiger partial charge in [0.1, 0.15) is 5.60 Å². The van der Waals surface area contributed by atoms with Crippen LogP contribution in [0.25, 0.3) is 0 Å². The highest BCUT2D eigenvalue weighted by molar-refractivity contribution is 5.94. The van der Waals surface area contributed by atoms with Crippen molar-refractivity contribution in [3.05, 3.63) is 29.6 Å². The van der Waals surface area contributed by atoms with Crippen LogP contribution in [0.4, 0.5) is 0 Å². The average Bonchev–Trinajstić information content (AvgIpc) is 2.64. The van der Waals surface area contributed by atoms with Crippen molar-refractivity contribution in [3.8, 4) is 0 Å². The lowest BCUT2D eigenvalue weighted by Gasteiger charge is -2.34. The molecule has 0 unspecified atom stereocenters. The third kappa shape index (κ3) is 2.08. The van der Waals surface area contributed by atoms with Crippen molar-refractivity contribution in [3.63, 3.8) is 0 Å². The first-order chi connectivity index (χ1) is 8.62. The number of esters is 1. The van der Waals surface area contributed by atoms with Gasteiger partial charge in [-0.3, -0.25) is 9.78 Å². The largest absolute Gasteiger partial charge is 0.481 e. The topological polar surface area (TPSA) is 76.5 Å². The molecule has 0 radical (unpaired) electrons. The van der Waals surface area contributed by atoms with E-state index in [0.29, 0.717) is 31.2 Å². The summed E-state index contributed by atoms with van der Waals surface area (Å²) in [4.78, 5) is 26.8. The fraction of sp³-hybridized carbons (Fsp3) is 0.462. The number of hydrogen-bond acceptors (Lipinski definition) is 4. The summed E-state index contributed by atoms with van der Waals surface area (Å²) < 4.78 is 5.52. The molecule has 1 aliphatic heterocycles. The maximum Gasteiger partial charge on any atom is 0.339 e. The molecule has 0 atom stereocenters. The number of pyridine rings is 1. The lowest BCUT2D eigenvalue weighted by molar-refractivity contribution is -0.144. The Hall–Kier alpha value is -1.62. The summed E-state index contributed by atoms with van der Waals surface area (Å²) in [6.07, 6.45) is 5.44. The van der Waals surface area contributed by atoms with Gasteiger partial charge >= 0.3 is 11.9 Å². The molecule has 1 aromatic heterocycles. The molecule has 1 fully saturated rings. The molecule has 2 heterocycles. The third-order valence-corrected chi connectivity index (χ3v) is 3.96. The Balaban J connectivity index is 0.00000133. The van der Waals surface area contributed by atoms with Crippen LogP contribution >= 0.6 is 12.4 Å². The number of hydrogen-bond donors (Lipinski definition) is 1. The summed E-state index contributed by atoms with van der Waals surface area (Å²) in [6.45, 7) is 0. The number of aromatic nitrogens is 1. The number of carbonyl (C=O) groups excluding carboxylic acids is 1. The van der Waals surface area contributed by atoms with Crippen molar-refractivity contribution in [1.82, 2.24) is 4.98 Å². The summed E-state index contributed by atoms with van der Waals surface area (Å²) >= 11 is 0. The van der Waals surface area contributed by atoms with E-state index in [-0.39, 0.29) is 24.3 Å². The zero-order chi connectivity index (χ0) is 12.8. The molecule has 1 N–H and O–H groups in total. The first kappa shape index (κ1) is 13.8. The molecular weight excluding hydrogens is 270 g/mol. The fourth-order valence-electron chi connectivity index (χ4n) is 2.93. The van der Waals surface area contributed by atoms with E-state index in [9.17, 15) is 9.59 Å². The van der Waals surface area contributed by atoms with Crippen molar-refractivity contribution >= 4 is 24.3 Å². The number of halogens is 1. The van der Waals surface area contributed by atoms with Gasteiger partial charge in [-0.05, 0) is 31.7 Å². The van der Waals surface area contributed by atoms with Gasteiger partial charge in [-0.2, -0.15) is 0 Å². The predicted molar refractivity (Wildman–Crippen MR) is 68.2 cm³/mol. The normalized spacial score (nSPS) is 28.4. The molecule has 6 heteroatoms. The highest BCUT2D eigenvalue weighted by atomic mass is 35.5. The molecular formula is C13H14ClNO4. The predicted octanol–water partition coefficient (Wildman–Crippen LogP) is 2.14. The average molecular weight is 284 g/mol. The van der Waals surface area contributed by atoms with Crippen molar-refractivity contribution in [1.29, 1.82) is 0 Å². The Labute approximate surface area is 116 Å². The zero-order valence-corrected chi connectivity index (χ0v) is 11.0. The number of carboxylic acid groups (broad SMARTS) is 1. The van der Waals surface area contributed by atoms with Gasteiger partial charge in [0.25, 0.3) is 0 Å².